The van der Waals surface area contributed by atoms with E-state index in [0.29, 0.717) is 0 Å². The van der Waals surface area contributed by atoms with Crippen LogP contribution in [0.5, 0.6) is 0 Å². The third-order valence-electron chi connectivity index (χ3n) is 5.06. The Bertz CT molecular complexity index is 1180. The van der Waals surface area contributed by atoms with Gasteiger partial charge in [-0.1, -0.05) is 12.1 Å². The van der Waals surface area contributed by atoms with E-state index in [4.69, 9.17) is 4.74 Å². The third-order valence-corrected chi connectivity index (χ3v) is 6.97. The predicted molar refractivity (Wildman–Crippen MR) is 113 cm³/mol. The molecule has 184 valence electrons. The molecule has 3 rings (SSSR count). The van der Waals surface area contributed by atoms with E-state index in [9.17, 15) is 35.6 Å². The lowest BCUT2D eigenvalue weighted by molar-refractivity contribution is -0.136. The monoisotopic (exact) mass is 503 g/mol. The minimum absolute atomic E-state index is 0.0219. The number of para-hydroxylation sites is 1. The van der Waals surface area contributed by atoms with Crippen molar-refractivity contribution in [3.8, 4) is 0 Å². The number of anilines is 1. The Morgan fingerprint density at radius 1 is 1.06 bits per heavy atom. The van der Waals surface area contributed by atoms with Crippen LogP contribution in [0.15, 0.2) is 47.4 Å². The minimum atomic E-state index is -4.73. The Labute approximate surface area is 193 Å². The highest BCUT2D eigenvalue weighted by atomic mass is 32.2. The summed E-state index contributed by atoms with van der Waals surface area (Å²) >= 11 is 0. The van der Waals surface area contributed by atoms with Crippen molar-refractivity contribution in [1.82, 2.24) is 9.21 Å². The van der Waals surface area contributed by atoms with E-state index < -0.39 is 50.2 Å². The highest BCUT2D eigenvalue weighted by Crippen LogP contribution is 2.34. The van der Waals surface area contributed by atoms with Crippen LogP contribution in [0.3, 0.4) is 0 Å². The van der Waals surface area contributed by atoms with Gasteiger partial charge >= 0.3 is 12.3 Å². The first-order valence-electron chi connectivity index (χ1n) is 10.1. The van der Waals surface area contributed by atoms with Gasteiger partial charge in [0.05, 0.1) is 17.9 Å². The molecule has 1 fully saturated rings. The number of sulfonamides is 1. The lowest BCUT2D eigenvalue weighted by Gasteiger charge is -2.33. The molecule has 1 N–H and O–H groups in total. The van der Waals surface area contributed by atoms with Gasteiger partial charge in [-0.2, -0.15) is 17.5 Å². The van der Waals surface area contributed by atoms with Gasteiger partial charge in [-0.05, 0) is 37.3 Å². The van der Waals surface area contributed by atoms with Crippen molar-refractivity contribution < 1.29 is 40.3 Å². The molecule has 0 unspecified atom stereocenters. The van der Waals surface area contributed by atoms with Crippen LogP contribution in [0.4, 0.5) is 28.0 Å². The number of carbonyl (C=O) groups is 2. The second kappa shape index (κ2) is 9.97. The van der Waals surface area contributed by atoms with Gasteiger partial charge in [0, 0.05) is 31.7 Å². The van der Waals surface area contributed by atoms with Gasteiger partial charge in [-0.25, -0.2) is 17.6 Å². The van der Waals surface area contributed by atoms with Crippen molar-refractivity contribution in [2.45, 2.75) is 18.0 Å². The summed E-state index contributed by atoms with van der Waals surface area (Å²) in [6, 6.07) is 6.78. The van der Waals surface area contributed by atoms with Crippen molar-refractivity contribution in [2.75, 3.05) is 38.1 Å². The number of amides is 2. The molecule has 0 aliphatic carbocycles. The van der Waals surface area contributed by atoms with E-state index in [2.05, 4.69) is 5.32 Å². The lowest BCUT2D eigenvalue weighted by Crippen LogP contribution is -2.50. The van der Waals surface area contributed by atoms with Gasteiger partial charge < -0.3 is 15.0 Å². The topological polar surface area (TPSA) is 96.0 Å². The Kier molecular flexibility index (Phi) is 7.46. The molecular formula is C21H21F4N3O5S. The molecule has 0 atom stereocenters. The first kappa shape index (κ1) is 25.4. The molecule has 34 heavy (non-hydrogen) atoms. The molecule has 0 saturated carbocycles. The number of benzene rings is 2. The number of nitrogens with zero attached hydrogens (tertiary/aromatic N) is 2. The second-order valence-electron chi connectivity index (χ2n) is 7.23. The van der Waals surface area contributed by atoms with Gasteiger partial charge in [0.1, 0.15) is 10.7 Å². The van der Waals surface area contributed by atoms with E-state index in [1.807, 2.05) is 0 Å². The summed E-state index contributed by atoms with van der Waals surface area (Å²) < 4.78 is 85.8. The largest absolute Gasteiger partial charge is 0.450 e. The Morgan fingerprint density at radius 3 is 2.32 bits per heavy atom. The molecular weight excluding hydrogens is 482 g/mol. The van der Waals surface area contributed by atoms with Gasteiger partial charge in [0.25, 0.3) is 5.91 Å². The molecule has 0 radical (unpaired) electrons. The lowest BCUT2D eigenvalue weighted by atomic mass is 10.1. The van der Waals surface area contributed by atoms with Crippen LogP contribution in [0.25, 0.3) is 0 Å². The zero-order valence-electron chi connectivity index (χ0n) is 17.9. The number of halogens is 4. The van der Waals surface area contributed by atoms with E-state index in [1.54, 1.807) is 6.92 Å². The number of carbonyl (C=O) groups excluding carboxylic acids is 2. The number of hydrogen-bond donors (Lipinski definition) is 1. The fourth-order valence-electron chi connectivity index (χ4n) is 3.34. The van der Waals surface area contributed by atoms with E-state index in [0.717, 1.165) is 40.7 Å². The van der Waals surface area contributed by atoms with E-state index in [1.165, 1.54) is 11.0 Å². The highest BCUT2D eigenvalue weighted by molar-refractivity contribution is 7.89. The van der Waals surface area contributed by atoms with Crippen LogP contribution in [0, 0.1) is 5.82 Å². The fraction of sp³-hybridized carbons (Fsp3) is 0.333. The van der Waals surface area contributed by atoms with Crippen molar-refractivity contribution in [1.29, 1.82) is 0 Å². The summed E-state index contributed by atoms with van der Waals surface area (Å²) in [4.78, 5) is 24.9. The van der Waals surface area contributed by atoms with Crippen molar-refractivity contribution in [3.05, 3.63) is 59.4 Å². The number of nitrogens with one attached hydrogen (secondary N) is 1. The molecule has 2 amide bonds. The minimum Gasteiger partial charge on any atom is -0.450 e. The maximum atomic E-state index is 14.5. The molecule has 13 heteroatoms. The maximum absolute atomic E-state index is 14.5. The quantitative estimate of drug-likeness (QED) is 0.630. The Balaban J connectivity index is 1.81. The molecule has 0 aromatic heterocycles. The Morgan fingerprint density at radius 2 is 1.71 bits per heavy atom. The second-order valence-corrected chi connectivity index (χ2v) is 9.14. The van der Waals surface area contributed by atoms with Crippen molar-refractivity contribution >= 4 is 27.7 Å². The van der Waals surface area contributed by atoms with Crippen LogP contribution in [0.2, 0.25) is 0 Å². The highest BCUT2D eigenvalue weighted by Gasteiger charge is 2.35. The summed E-state index contributed by atoms with van der Waals surface area (Å²) in [6.45, 7) is 1.57. The number of alkyl halides is 3. The maximum Gasteiger partial charge on any atom is 0.418 e. The molecule has 2 aromatic carbocycles. The third kappa shape index (κ3) is 5.47. The number of hydrogen-bond acceptors (Lipinski definition) is 5. The van der Waals surface area contributed by atoms with Gasteiger partial charge in [0.15, 0.2) is 0 Å². The fourth-order valence-corrected chi connectivity index (χ4v) is 4.85. The molecule has 1 saturated heterocycles. The van der Waals surface area contributed by atoms with Gasteiger partial charge in [-0.3, -0.25) is 4.79 Å². The van der Waals surface area contributed by atoms with Gasteiger partial charge in [0.2, 0.25) is 10.0 Å². The van der Waals surface area contributed by atoms with E-state index in [-0.39, 0.29) is 38.3 Å². The van der Waals surface area contributed by atoms with Crippen molar-refractivity contribution in [2.24, 2.45) is 0 Å². The predicted octanol–water partition coefficient (Wildman–Crippen LogP) is 3.56. The summed E-state index contributed by atoms with van der Waals surface area (Å²) in [7, 11) is -4.39. The van der Waals surface area contributed by atoms with Crippen LogP contribution >= 0.6 is 0 Å². The first-order chi connectivity index (χ1) is 15.9. The van der Waals surface area contributed by atoms with Gasteiger partial charge in [-0.15, -0.1) is 0 Å². The molecule has 0 bridgehead atoms. The summed E-state index contributed by atoms with van der Waals surface area (Å²) in [5.74, 6) is -2.17. The van der Waals surface area contributed by atoms with E-state index >= 15 is 0 Å². The molecule has 1 heterocycles. The normalized spacial score (nSPS) is 15.1. The molecule has 2 aromatic rings. The Hall–Kier alpha value is -3.19. The van der Waals surface area contributed by atoms with Crippen LogP contribution in [-0.4, -0.2) is 62.4 Å². The number of ether oxygens (including phenoxy) is 1. The van der Waals surface area contributed by atoms with Crippen LogP contribution < -0.4 is 5.32 Å². The summed E-state index contributed by atoms with van der Waals surface area (Å²) in [6.07, 6.45) is -5.32. The van der Waals surface area contributed by atoms with Crippen LogP contribution in [-0.2, 0) is 20.9 Å². The zero-order chi connectivity index (χ0) is 25.1. The van der Waals surface area contributed by atoms with Crippen LogP contribution in [0.1, 0.15) is 22.8 Å². The smallest absolute Gasteiger partial charge is 0.418 e. The standard InChI is InChI=1S/C21H21F4N3O5S/c1-2-33-20(30)27-9-11-28(12-10-27)34(31,32)18-13-14(7-8-16(18)22)19(29)26-17-6-4-3-5-15(17)21(23,24)25/h3-8,13H,2,9-12H2,1H3,(H,26,29). The van der Waals surface area contributed by atoms with Crippen molar-refractivity contribution in [3.63, 3.8) is 0 Å². The average Bonchev–Trinajstić information content (AvgIpc) is 2.79. The zero-order valence-corrected chi connectivity index (χ0v) is 18.7. The average molecular weight is 503 g/mol. The SMILES string of the molecule is CCOC(=O)N1CCN(S(=O)(=O)c2cc(C(=O)Nc3ccccc3C(F)(F)F)ccc2F)CC1. The first-order valence-corrected chi connectivity index (χ1v) is 11.6. The number of rotatable bonds is 5. The molecule has 1 aliphatic rings. The molecule has 1 aliphatic heterocycles. The summed E-state index contributed by atoms with van der Waals surface area (Å²) in [5.41, 5.74) is -1.95. The molecule has 0 spiro atoms. The number of piperazine rings is 1. The molecule has 8 nitrogen and oxygen atoms in total. The summed E-state index contributed by atoms with van der Waals surface area (Å²) in [5, 5.41) is 2.09.